The van der Waals surface area contributed by atoms with Gasteiger partial charge in [-0.3, -0.25) is 0 Å². The van der Waals surface area contributed by atoms with E-state index in [9.17, 15) is 8.42 Å². The van der Waals surface area contributed by atoms with Crippen molar-refractivity contribution in [2.24, 2.45) is 0 Å². The van der Waals surface area contributed by atoms with Crippen molar-refractivity contribution < 1.29 is 8.42 Å². The highest BCUT2D eigenvalue weighted by molar-refractivity contribution is 7.89. The summed E-state index contributed by atoms with van der Waals surface area (Å²) in [6.07, 6.45) is 3.20. The lowest BCUT2D eigenvalue weighted by Gasteiger charge is -2.37. The van der Waals surface area contributed by atoms with Gasteiger partial charge in [-0.2, -0.15) is 19.3 Å². The van der Waals surface area contributed by atoms with Gasteiger partial charge in [0.1, 0.15) is 0 Å². The third-order valence-corrected chi connectivity index (χ3v) is 5.53. The Bertz CT molecular complexity index is 719. The second-order valence-electron chi connectivity index (χ2n) is 5.09. The van der Waals surface area contributed by atoms with Crippen LogP contribution in [0.5, 0.6) is 0 Å². The van der Waals surface area contributed by atoms with Gasteiger partial charge in [0.15, 0.2) is 0 Å². The van der Waals surface area contributed by atoms with E-state index in [-0.39, 0.29) is 6.04 Å². The van der Waals surface area contributed by atoms with E-state index in [0.717, 1.165) is 11.1 Å². The smallest absolute Gasteiger partial charge is 0.207 e. The third kappa shape index (κ3) is 2.12. The van der Waals surface area contributed by atoms with E-state index in [1.165, 1.54) is 4.31 Å². The Balaban J connectivity index is 1.82. The second-order valence-corrected chi connectivity index (χ2v) is 7.00. The van der Waals surface area contributed by atoms with Crippen LogP contribution in [0, 0.1) is 13.8 Å². The normalized spacial score (nSPS) is 17.1. The van der Waals surface area contributed by atoms with Crippen molar-refractivity contribution >= 4 is 10.0 Å². The average molecular weight is 292 g/mol. The quantitative estimate of drug-likeness (QED) is 0.851. The van der Waals surface area contributed by atoms with Crippen LogP contribution in [0.25, 0.3) is 0 Å². The minimum absolute atomic E-state index is 0.0323. The van der Waals surface area contributed by atoms with Crippen molar-refractivity contribution in [2.75, 3.05) is 13.1 Å². The maximum absolute atomic E-state index is 12.6. The van der Waals surface area contributed by atoms with Gasteiger partial charge in [0.2, 0.25) is 10.0 Å². The van der Waals surface area contributed by atoms with Crippen LogP contribution in [0.15, 0.2) is 35.5 Å². The largest absolute Gasteiger partial charge is 0.243 e. The van der Waals surface area contributed by atoms with Gasteiger partial charge >= 0.3 is 0 Å². The van der Waals surface area contributed by atoms with Gasteiger partial charge in [-0.15, -0.1) is 0 Å². The van der Waals surface area contributed by atoms with Gasteiger partial charge in [-0.05, 0) is 31.0 Å². The zero-order valence-corrected chi connectivity index (χ0v) is 12.2. The highest BCUT2D eigenvalue weighted by Crippen LogP contribution is 2.29. The molecule has 6 nitrogen and oxygen atoms in total. The van der Waals surface area contributed by atoms with E-state index in [4.69, 9.17) is 0 Å². The molecule has 0 amide bonds. The third-order valence-electron chi connectivity index (χ3n) is 3.55. The maximum atomic E-state index is 12.6. The molecule has 0 saturated carbocycles. The molecule has 1 aromatic carbocycles. The number of hydrogen-bond donors (Lipinski definition) is 0. The summed E-state index contributed by atoms with van der Waals surface area (Å²) >= 11 is 0. The Morgan fingerprint density at radius 3 is 2.45 bits per heavy atom. The Morgan fingerprint density at radius 1 is 1.15 bits per heavy atom. The molecule has 0 atom stereocenters. The number of sulfonamides is 1. The molecule has 20 heavy (non-hydrogen) atoms. The molecule has 1 aliphatic heterocycles. The van der Waals surface area contributed by atoms with Crippen molar-refractivity contribution in [2.45, 2.75) is 24.8 Å². The molecule has 106 valence electrons. The number of benzene rings is 1. The van der Waals surface area contributed by atoms with Crippen LogP contribution in [-0.4, -0.2) is 40.8 Å². The first-order valence-corrected chi connectivity index (χ1v) is 7.86. The zero-order valence-electron chi connectivity index (χ0n) is 11.4. The fourth-order valence-corrected chi connectivity index (χ4v) is 4.12. The highest BCUT2D eigenvalue weighted by Gasteiger charge is 2.39. The first kappa shape index (κ1) is 13.3. The topological polar surface area (TPSA) is 68.1 Å². The molecule has 2 aromatic rings. The molecule has 0 bridgehead atoms. The van der Waals surface area contributed by atoms with Gasteiger partial charge in [-0.25, -0.2) is 8.42 Å². The molecule has 0 spiro atoms. The van der Waals surface area contributed by atoms with Crippen LogP contribution in [-0.2, 0) is 10.0 Å². The van der Waals surface area contributed by atoms with Crippen LogP contribution >= 0.6 is 0 Å². The van der Waals surface area contributed by atoms with E-state index in [1.54, 1.807) is 23.3 Å². The van der Waals surface area contributed by atoms with E-state index in [2.05, 4.69) is 10.2 Å². The molecule has 0 aliphatic carbocycles. The van der Waals surface area contributed by atoms with Crippen molar-refractivity contribution in [3.05, 3.63) is 41.7 Å². The molecule has 1 aromatic heterocycles. The summed E-state index contributed by atoms with van der Waals surface area (Å²) < 4.78 is 26.6. The van der Waals surface area contributed by atoms with Crippen LogP contribution in [0.1, 0.15) is 17.2 Å². The second kappa shape index (κ2) is 4.68. The lowest BCUT2D eigenvalue weighted by atomic mass is 10.2. The molecule has 0 N–H and O–H groups in total. The van der Waals surface area contributed by atoms with E-state index >= 15 is 0 Å². The number of aryl methyl sites for hydroxylation is 2. The van der Waals surface area contributed by atoms with Crippen molar-refractivity contribution in [1.29, 1.82) is 0 Å². The molecule has 0 radical (unpaired) electrons. The van der Waals surface area contributed by atoms with Gasteiger partial charge in [0.05, 0.1) is 23.3 Å². The fourth-order valence-electron chi connectivity index (χ4n) is 2.30. The van der Waals surface area contributed by atoms with Crippen LogP contribution in [0.3, 0.4) is 0 Å². The van der Waals surface area contributed by atoms with Gasteiger partial charge in [0, 0.05) is 13.1 Å². The molecule has 1 aliphatic rings. The number of rotatable bonds is 3. The van der Waals surface area contributed by atoms with Gasteiger partial charge in [0.25, 0.3) is 0 Å². The lowest BCUT2D eigenvalue weighted by molar-refractivity contribution is 0.175. The Morgan fingerprint density at radius 2 is 1.80 bits per heavy atom. The van der Waals surface area contributed by atoms with E-state index in [1.807, 2.05) is 26.0 Å². The molecular weight excluding hydrogens is 276 g/mol. The summed E-state index contributed by atoms with van der Waals surface area (Å²) in [5, 5.41) is 8.09. The van der Waals surface area contributed by atoms with Gasteiger partial charge < -0.3 is 0 Å². The molecule has 7 heteroatoms. The number of aromatic nitrogens is 3. The highest BCUT2D eigenvalue weighted by atomic mass is 32.2. The molecule has 1 saturated heterocycles. The van der Waals surface area contributed by atoms with Crippen LogP contribution < -0.4 is 0 Å². The summed E-state index contributed by atoms with van der Waals surface area (Å²) in [7, 11) is -3.41. The Hall–Kier alpha value is -1.73. The fraction of sp³-hybridized carbons (Fsp3) is 0.385. The minimum atomic E-state index is -3.41. The Labute approximate surface area is 118 Å². The van der Waals surface area contributed by atoms with Crippen LogP contribution in [0.4, 0.5) is 0 Å². The average Bonchev–Trinajstić information content (AvgIpc) is 2.83. The number of hydrogen-bond acceptors (Lipinski definition) is 4. The monoisotopic (exact) mass is 292 g/mol. The summed E-state index contributed by atoms with van der Waals surface area (Å²) in [6, 6.07) is 5.52. The summed E-state index contributed by atoms with van der Waals surface area (Å²) in [6.45, 7) is 4.55. The first-order valence-electron chi connectivity index (χ1n) is 6.41. The minimum Gasteiger partial charge on any atom is -0.207 e. The SMILES string of the molecule is Cc1ccc(C)c(S(=O)(=O)N2CC(n3nccn3)C2)c1. The van der Waals surface area contributed by atoms with Crippen LogP contribution in [0.2, 0.25) is 0 Å². The predicted molar refractivity (Wildman–Crippen MR) is 73.7 cm³/mol. The summed E-state index contributed by atoms with van der Waals surface area (Å²) in [4.78, 5) is 1.96. The maximum Gasteiger partial charge on any atom is 0.243 e. The summed E-state index contributed by atoms with van der Waals surface area (Å²) in [5.74, 6) is 0. The summed E-state index contributed by atoms with van der Waals surface area (Å²) in [5.41, 5.74) is 1.72. The van der Waals surface area contributed by atoms with Gasteiger partial charge in [-0.1, -0.05) is 12.1 Å². The molecular formula is C13H16N4O2S. The van der Waals surface area contributed by atoms with E-state index in [0.29, 0.717) is 18.0 Å². The van der Waals surface area contributed by atoms with E-state index < -0.39 is 10.0 Å². The standard InChI is InChI=1S/C13H16N4O2S/c1-10-3-4-11(2)13(7-10)20(18,19)16-8-12(9-16)17-14-5-6-15-17/h3-7,12H,8-9H2,1-2H3. The zero-order chi connectivity index (χ0) is 14.3. The van der Waals surface area contributed by atoms with Crippen molar-refractivity contribution in [3.8, 4) is 0 Å². The molecule has 2 heterocycles. The van der Waals surface area contributed by atoms with Crippen molar-refractivity contribution in [1.82, 2.24) is 19.3 Å². The molecule has 0 unspecified atom stereocenters. The number of nitrogens with zero attached hydrogens (tertiary/aromatic N) is 4. The Kier molecular flexibility index (Phi) is 3.10. The molecule has 3 rings (SSSR count). The predicted octanol–water partition coefficient (Wildman–Crippen LogP) is 1.14. The lowest BCUT2D eigenvalue weighted by Crippen LogP contribution is -2.51. The molecule has 1 fully saturated rings. The first-order chi connectivity index (χ1) is 9.48. The van der Waals surface area contributed by atoms with Crippen molar-refractivity contribution in [3.63, 3.8) is 0 Å².